The molecule has 0 fully saturated rings. The van der Waals surface area contributed by atoms with Gasteiger partial charge in [-0.1, -0.05) is 74.0 Å². The molecule has 0 radical (unpaired) electrons. The van der Waals surface area contributed by atoms with Crippen molar-refractivity contribution in [3.63, 3.8) is 0 Å². The first-order valence-electron chi connectivity index (χ1n) is 7.49. The van der Waals surface area contributed by atoms with E-state index in [-0.39, 0.29) is 0 Å². The summed E-state index contributed by atoms with van der Waals surface area (Å²) in [5.74, 6) is 0.529. The Morgan fingerprint density at radius 3 is 2.15 bits per heavy atom. The van der Waals surface area contributed by atoms with Crippen LogP contribution in [0.3, 0.4) is 0 Å². The zero-order chi connectivity index (χ0) is 14.4. The van der Waals surface area contributed by atoms with Gasteiger partial charge >= 0.3 is 0 Å². The predicted octanol–water partition coefficient (Wildman–Crippen LogP) is 4.32. The van der Waals surface area contributed by atoms with Gasteiger partial charge in [0.15, 0.2) is 0 Å². The second-order valence-corrected chi connectivity index (χ2v) is 5.86. The number of hydrogen-bond acceptors (Lipinski definition) is 1. The summed E-state index contributed by atoms with van der Waals surface area (Å²) in [4.78, 5) is 0. The Labute approximate surface area is 123 Å². The summed E-state index contributed by atoms with van der Waals surface area (Å²) >= 11 is 0. The molecule has 0 aliphatic heterocycles. The maximum atomic E-state index is 3.58. The van der Waals surface area contributed by atoms with Crippen LogP contribution in [0.25, 0.3) is 0 Å². The highest BCUT2D eigenvalue weighted by atomic mass is 14.9. The maximum Gasteiger partial charge on any atom is 0.00257 e. The van der Waals surface area contributed by atoms with Crippen LogP contribution in [0.2, 0.25) is 0 Å². The third-order valence-corrected chi connectivity index (χ3v) is 3.65. The average Bonchev–Trinajstić information content (AvgIpc) is 2.46. The van der Waals surface area contributed by atoms with Crippen molar-refractivity contribution in [1.29, 1.82) is 0 Å². The maximum absolute atomic E-state index is 3.58. The highest BCUT2D eigenvalue weighted by molar-refractivity contribution is 5.26. The Bertz CT molecular complexity index is 499. The number of hydrogen-bond donors (Lipinski definition) is 1. The van der Waals surface area contributed by atoms with E-state index in [0.717, 1.165) is 13.0 Å². The van der Waals surface area contributed by atoms with Gasteiger partial charge in [-0.15, -0.1) is 0 Å². The van der Waals surface area contributed by atoms with Crippen LogP contribution in [0.1, 0.15) is 36.5 Å². The minimum atomic E-state index is 0.527. The van der Waals surface area contributed by atoms with E-state index in [1.54, 1.807) is 0 Å². The molecule has 20 heavy (non-hydrogen) atoms. The van der Waals surface area contributed by atoms with Gasteiger partial charge < -0.3 is 5.32 Å². The molecular formula is C19H25N. The number of rotatable bonds is 6. The van der Waals surface area contributed by atoms with E-state index in [1.165, 1.54) is 16.7 Å². The van der Waals surface area contributed by atoms with E-state index in [1.807, 2.05) is 0 Å². The SMILES string of the molecule is Cc1ccc(CC(CNC(C)C)c2ccccc2)cc1. The molecular weight excluding hydrogens is 242 g/mol. The first-order valence-corrected chi connectivity index (χ1v) is 7.49. The predicted molar refractivity (Wildman–Crippen MR) is 87.2 cm³/mol. The van der Waals surface area contributed by atoms with Crippen molar-refractivity contribution in [1.82, 2.24) is 5.32 Å². The summed E-state index contributed by atoms with van der Waals surface area (Å²) in [7, 11) is 0. The molecule has 1 N–H and O–H groups in total. The van der Waals surface area contributed by atoms with E-state index in [9.17, 15) is 0 Å². The summed E-state index contributed by atoms with van der Waals surface area (Å²) in [6.45, 7) is 7.57. The van der Waals surface area contributed by atoms with Gasteiger partial charge in [-0.25, -0.2) is 0 Å². The molecule has 1 unspecified atom stereocenters. The van der Waals surface area contributed by atoms with Crippen molar-refractivity contribution < 1.29 is 0 Å². The summed E-state index contributed by atoms with van der Waals surface area (Å²) in [6, 6.07) is 20.3. The molecule has 0 heterocycles. The van der Waals surface area contributed by atoms with Gasteiger partial charge in [-0.05, 0) is 24.5 Å². The largest absolute Gasteiger partial charge is 0.314 e. The molecule has 1 nitrogen and oxygen atoms in total. The van der Waals surface area contributed by atoms with Gasteiger partial charge in [-0.3, -0.25) is 0 Å². The summed E-state index contributed by atoms with van der Waals surface area (Å²) in [5, 5.41) is 3.58. The standard InChI is InChI=1S/C19H25N/c1-15(2)20-14-19(18-7-5-4-6-8-18)13-17-11-9-16(3)10-12-17/h4-12,15,19-20H,13-14H2,1-3H3. The highest BCUT2D eigenvalue weighted by Gasteiger charge is 2.12. The van der Waals surface area contributed by atoms with E-state index < -0.39 is 0 Å². The van der Waals surface area contributed by atoms with Gasteiger partial charge in [0.2, 0.25) is 0 Å². The van der Waals surface area contributed by atoms with Crippen LogP contribution < -0.4 is 5.32 Å². The summed E-state index contributed by atoms with van der Waals surface area (Å²) in [6.07, 6.45) is 1.09. The van der Waals surface area contributed by atoms with E-state index in [0.29, 0.717) is 12.0 Å². The molecule has 2 aromatic carbocycles. The molecule has 0 saturated carbocycles. The summed E-state index contributed by atoms with van der Waals surface area (Å²) < 4.78 is 0. The quantitative estimate of drug-likeness (QED) is 0.822. The number of benzene rings is 2. The van der Waals surface area contributed by atoms with Crippen LogP contribution in [0, 0.1) is 6.92 Å². The van der Waals surface area contributed by atoms with Crippen molar-refractivity contribution in [2.45, 2.75) is 39.2 Å². The van der Waals surface area contributed by atoms with Gasteiger partial charge in [0.05, 0.1) is 0 Å². The molecule has 0 bridgehead atoms. The minimum Gasteiger partial charge on any atom is -0.314 e. The first kappa shape index (κ1) is 14.8. The Morgan fingerprint density at radius 2 is 1.55 bits per heavy atom. The van der Waals surface area contributed by atoms with Gasteiger partial charge in [-0.2, -0.15) is 0 Å². The number of aryl methyl sites for hydroxylation is 1. The van der Waals surface area contributed by atoms with Crippen LogP contribution in [0.15, 0.2) is 54.6 Å². The van der Waals surface area contributed by atoms with Crippen molar-refractivity contribution in [2.24, 2.45) is 0 Å². The lowest BCUT2D eigenvalue weighted by atomic mass is 9.91. The minimum absolute atomic E-state index is 0.527. The van der Waals surface area contributed by atoms with Gasteiger partial charge in [0.25, 0.3) is 0 Å². The molecule has 2 aromatic rings. The molecule has 2 rings (SSSR count). The second kappa shape index (κ2) is 7.25. The fraction of sp³-hybridized carbons (Fsp3) is 0.368. The van der Waals surface area contributed by atoms with Gasteiger partial charge in [0, 0.05) is 18.5 Å². The smallest absolute Gasteiger partial charge is 0.00257 e. The third kappa shape index (κ3) is 4.50. The third-order valence-electron chi connectivity index (χ3n) is 3.65. The molecule has 0 amide bonds. The second-order valence-electron chi connectivity index (χ2n) is 5.86. The lowest BCUT2D eigenvalue weighted by Crippen LogP contribution is -2.28. The molecule has 0 aliphatic carbocycles. The molecule has 0 saturated heterocycles. The van der Waals surface area contributed by atoms with Crippen molar-refractivity contribution in [3.8, 4) is 0 Å². The Hall–Kier alpha value is -1.60. The van der Waals surface area contributed by atoms with Crippen LogP contribution in [0.5, 0.6) is 0 Å². The van der Waals surface area contributed by atoms with E-state index in [2.05, 4.69) is 80.7 Å². The highest BCUT2D eigenvalue weighted by Crippen LogP contribution is 2.20. The molecule has 0 aliphatic rings. The average molecular weight is 267 g/mol. The van der Waals surface area contributed by atoms with E-state index >= 15 is 0 Å². The Balaban J connectivity index is 2.12. The molecule has 106 valence electrons. The van der Waals surface area contributed by atoms with E-state index in [4.69, 9.17) is 0 Å². The van der Waals surface area contributed by atoms with Crippen LogP contribution in [-0.4, -0.2) is 12.6 Å². The summed E-state index contributed by atoms with van der Waals surface area (Å²) in [5.41, 5.74) is 4.15. The zero-order valence-corrected chi connectivity index (χ0v) is 12.8. The fourth-order valence-corrected chi connectivity index (χ4v) is 2.42. The van der Waals surface area contributed by atoms with Crippen molar-refractivity contribution in [2.75, 3.05) is 6.54 Å². The molecule has 0 aromatic heterocycles. The fourth-order valence-electron chi connectivity index (χ4n) is 2.42. The monoisotopic (exact) mass is 267 g/mol. The molecule has 1 atom stereocenters. The lowest BCUT2D eigenvalue weighted by Gasteiger charge is -2.20. The zero-order valence-electron chi connectivity index (χ0n) is 12.8. The van der Waals surface area contributed by atoms with Crippen LogP contribution in [-0.2, 0) is 6.42 Å². The van der Waals surface area contributed by atoms with Gasteiger partial charge in [0.1, 0.15) is 0 Å². The Morgan fingerprint density at radius 1 is 0.900 bits per heavy atom. The normalized spacial score (nSPS) is 12.6. The van der Waals surface area contributed by atoms with Crippen molar-refractivity contribution >= 4 is 0 Å². The Kier molecular flexibility index (Phi) is 5.37. The number of nitrogens with one attached hydrogen (secondary N) is 1. The lowest BCUT2D eigenvalue weighted by molar-refractivity contribution is 0.527. The molecule has 1 heteroatoms. The van der Waals surface area contributed by atoms with Crippen LogP contribution in [0.4, 0.5) is 0 Å². The first-order chi connectivity index (χ1) is 9.65. The van der Waals surface area contributed by atoms with Crippen molar-refractivity contribution in [3.05, 3.63) is 71.3 Å². The molecule has 0 spiro atoms. The topological polar surface area (TPSA) is 12.0 Å². The van der Waals surface area contributed by atoms with Crippen LogP contribution >= 0.6 is 0 Å².